The van der Waals surface area contributed by atoms with Gasteiger partial charge in [0.2, 0.25) is 5.91 Å². The number of hydrogen-bond donors (Lipinski definition) is 5. The number of rotatable bonds is 6. The Hall–Kier alpha value is -2.98. The number of amides is 4. The van der Waals surface area contributed by atoms with Gasteiger partial charge in [-0.3, -0.25) is 14.1 Å². The van der Waals surface area contributed by atoms with Gasteiger partial charge in [0.1, 0.15) is 6.04 Å². The summed E-state index contributed by atoms with van der Waals surface area (Å²) in [4.78, 5) is 51.2. The Balaban J connectivity index is 2.26. The van der Waals surface area contributed by atoms with Crippen LogP contribution in [-0.2, 0) is 29.4 Å². The van der Waals surface area contributed by atoms with Gasteiger partial charge in [-0.15, -0.1) is 11.3 Å². The molecule has 1 aliphatic heterocycles. The van der Waals surface area contributed by atoms with Crippen LogP contribution in [0.4, 0.5) is 9.93 Å². The summed E-state index contributed by atoms with van der Waals surface area (Å²) in [6.45, 7) is 0. The van der Waals surface area contributed by atoms with Crippen LogP contribution in [0.25, 0.3) is 0 Å². The second-order valence-electron chi connectivity index (χ2n) is 5.12. The highest BCUT2D eigenvalue weighted by molar-refractivity contribution is 7.84. The smallest absolute Gasteiger partial charge is 0.363 e. The maximum absolute atomic E-state index is 12.5. The standard InChI is InChI=1S/C11H14N6O8S2/c1-25-9(20)6-5(8(19)17(6)27(22,23)24)15-7(18)4(16-10(12)21)3-2-26-11(13)14-3/h2,4-6H,1H3,(H2,13,14)(H,15,18)(H3,12,16,21)(H,22,23,24). The van der Waals surface area contributed by atoms with Crippen LogP contribution in [-0.4, -0.2) is 65.3 Å². The molecular formula is C11H14N6O8S2. The fraction of sp³-hybridized carbons (Fsp3) is 0.364. The number of carbonyl (C=O) groups is 4. The van der Waals surface area contributed by atoms with Crippen molar-refractivity contribution < 1.29 is 36.9 Å². The van der Waals surface area contributed by atoms with Crippen molar-refractivity contribution >= 4 is 50.6 Å². The van der Waals surface area contributed by atoms with Gasteiger partial charge in [0.05, 0.1) is 12.8 Å². The molecule has 1 aromatic heterocycles. The van der Waals surface area contributed by atoms with E-state index in [2.05, 4.69) is 20.4 Å². The number of nitrogen functional groups attached to an aromatic ring is 1. The molecule has 14 nitrogen and oxygen atoms in total. The van der Waals surface area contributed by atoms with Crippen molar-refractivity contribution in [2.24, 2.45) is 5.73 Å². The summed E-state index contributed by atoms with van der Waals surface area (Å²) < 4.78 is 35.8. The van der Waals surface area contributed by atoms with Gasteiger partial charge in [-0.2, -0.15) is 12.7 Å². The number of primary amides is 1. The van der Waals surface area contributed by atoms with Gasteiger partial charge in [-0.05, 0) is 0 Å². The molecule has 148 valence electrons. The normalized spacial score (nSPS) is 20.4. The van der Waals surface area contributed by atoms with Crippen LogP contribution in [0.1, 0.15) is 11.7 Å². The quantitative estimate of drug-likeness (QED) is 0.179. The number of ether oxygens (including phenoxy) is 1. The largest absolute Gasteiger partial charge is 0.467 e. The fourth-order valence-corrected chi connectivity index (χ4v) is 3.72. The third-order valence-corrected chi connectivity index (χ3v) is 5.02. The van der Waals surface area contributed by atoms with E-state index in [4.69, 9.17) is 16.0 Å². The minimum atomic E-state index is -5.06. The van der Waals surface area contributed by atoms with E-state index in [0.717, 1.165) is 18.4 Å². The number of anilines is 1. The predicted molar refractivity (Wildman–Crippen MR) is 88.1 cm³/mol. The number of methoxy groups -OCH3 is 1. The zero-order chi connectivity index (χ0) is 20.5. The van der Waals surface area contributed by atoms with E-state index in [9.17, 15) is 27.6 Å². The monoisotopic (exact) mass is 422 g/mol. The van der Waals surface area contributed by atoms with Crippen LogP contribution in [0.5, 0.6) is 0 Å². The molecule has 2 rings (SSSR count). The number of nitrogens with one attached hydrogen (secondary N) is 2. The number of aromatic nitrogens is 1. The Morgan fingerprint density at radius 1 is 1.44 bits per heavy atom. The number of hydrogen-bond acceptors (Lipinski definition) is 10. The summed E-state index contributed by atoms with van der Waals surface area (Å²) in [5.74, 6) is -3.51. The molecule has 4 amide bonds. The van der Waals surface area contributed by atoms with Gasteiger partial charge in [-0.25, -0.2) is 14.6 Å². The van der Waals surface area contributed by atoms with Gasteiger partial charge < -0.3 is 26.8 Å². The summed E-state index contributed by atoms with van der Waals surface area (Å²) >= 11 is 0.962. The lowest BCUT2D eigenvalue weighted by Crippen LogP contribution is -2.75. The van der Waals surface area contributed by atoms with Gasteiger partial charge in [0.25, 0.3) is 5.91 Å². The molecule has 0 aliphatic carbocycles. The summed E-state index contributed by atoms with van der Waals surface area (Å²) in [5.41, 5.74) is 10.5. The summed E-state index contributed by atoms with van der Waals surface area (Å²) in [5, 5.41) is 5.61. The van der Waals surface area contributed by atoms with E-state index in [0.29, 0.717) is 0 Å². The van der Waals surface area contributed by atoms with Crippen molar-refractivity contribution in [3.8, 4) is 0 Å². The molecule has 0 bridgehead atoms. The van der Waals surface area contributed by atoms with Crippen LogP contribution in [0.3, 0.4) is 0 Å². The van der Waals surface area contributed by atoms with Crippen LogP contribution in [0.2, 0.25) is 0 Å². The minimum absolute atomic E-state index is 0.00169. The lowest BCUT2D eigenvalue weighted by Gasteiger charge is -2.42. The summed E-state index contributed by atoms with van der Waals surface area (Å²) in [6.07, 6.45) is 0. The zero-order valence-electron chi connectivity index (χ0n) is 13.5. The summed E-state index contributed by atoms with van der Waals surface area (Å²) in [7, 11) is -4.14. The molecule has 3 unspecified atom stereocenters. The first-order valence-corrected chi connectivity index (χ1v) is 9.20. The van der Waals surface area contributed by atoms with Crippen molar-refractivity contribution in [1.82, 2.24) is 19.9 Å². The van der Waals surface area contributed by atoms with Crippen molar-refractivity contribution in [3.63, 3.8) is 0 Å². The van der Waals surface area contributed by atoms with E-state index in [1.54, 1.807) is 0 Å². The predicted octanol–water partition coefficient (Wildman–Crippen LogP) is -2.89. The maximum Gasteiger partial charge on any atom is 0.363 e. The molecule has 1 aromatic rings. The first-order valence-electron chi connectivity index (χ1n) is 6.93. The molecular weight excluding hydrogens is 408 g/mol. The van der Waals surface area contributed by atoms with Crippen LogP contribution in [0.15, 0.2) is 5.38 Å². The lowest BCUT2D eigenvalue weighted by molar-refractivity contribution is -0.162. The number of nitrogens with two attached hydrogens (primary N) is 2. The second-order valence-corrected chi connectivity index (χ2v) is 7.30. The molecule has 0 aromatic carbocycles. The molecule has 1 aliphatic rings. The number of carbonyl (C=O) groups excluding carboxylic acids is 4. The highest BCUT2D eigenvalue weighted by Gasteiger charge is 2.58. The molecule has 27 heavy (non-hydrogen) atoms. The second kappa shape index (κ2) is 7.33. The van der Waals surface area contributed by atoms with E-state index >= 15 is 0 Å². The number of β-lactam (4-membered cyclic amide) rings is 1. The lowest BCUT2D eigenvalue weighted by atomic mass is 9.98. The highest BCUT2D eigenvalue weighted by Crippen LogP contribution is 2.26. The molecule has 1 saturated heterocycles. The van der Waals surface area contributed by atoms with Crippen molar-refractivity contribution in [1.29, 1.82) is 0 Å². The van der Waals surface area contributed by atoms with Crippen LogP contribution < -0.4 is 22.1 Å². The number of thiazole rings is 1. The van der Waals surface area contributed by atoms with Gasteiger partial charge in [0, 0.05) is 5.38 Å². The average Bonchev–Trinajstić information content (AvgIpc) is 2.98. The molecule has 0 radical (unpaired) electrons. The maximum atomic E-state index is 12.5. The third kappa shape index (κ3) is 4.07. The SMILES string of the molecule is COC(=O)C1C(NC(=O)C(NC(N)=O)c2csc(N)n2)C(=O)N1S(=O)(=O)O. The Labute approximate surface area is 155 Å². The zero-order valence-corrected chi connectivity index (χ0v) is 15.1. The first kappa shape index (κ1) is 20.3. The Morgan fingerprint density at radius 3 is 2.52 bits per heavy atom. The molecule has 16 heteroatoms. The average molecular weight is 422 g/mol. The number of urea groups is 1. The molecule has 7 N–H and O–H groups in total. The highest BCUT2D eigenvalue weighted by atomic mass is 32.2. The minimum Gasteiger partial charge on any atom is -0.467 e. The number of nitrogens with zero attached hydrogens (tertiary/aromatic N) is 2. The van der Waals surface area contributed by atoms with E-state index in [-0.39, 0.29) is 15.1 Å². The Bertz CT molecular complexity index is 898. The fourth-order valence-electron chi connectivity index (χ4n) is 2.30. The number of esters is 1. The van der Waals surface area contributed by atoms with E-state index in [1.165, 1.54) is 5.38 Å². The topological polar surface area (TPSA) is 224 Å². The third-order valence-electron chi connectivity index (χ3n) is 3.42. The van der Waals surface area contributed by atoms with Gasteiger partial charge in [0.15, 0.2) is 17.2 Å². The van der Waals surface area contributed by atoms with E-state index in [1.807, 2.05) is 0 Å². The molecule has 3 atom stereocenters. The summed E-state index contributed by atoms with van der Waals surface area (Å²) in [6, 6.07) is -6.05. The Kier molecular flexibility index (Phi) is 5.52. The van der Waals surface area contributed by atoms with Crippen molar-refractivity contribution in [2.45, 2.75) is 18.1 Å². The Morgan fingerprint density at radius 2 is 2.07 bits per heavy atom. The van der Waals surface area contributed by atoms with Crippen molar-refractivity contribution in [2.75, 3.05) is 12.8 Å². The first-order chi connectivity index (χ1) is 12.5. The van der Waals surface area contributed by atoms with Gasteiger partial charge in [-0.1, -0.05) is 0 Å². The van der Waals surface area contributed by atoms with Crippen molar-refractivity contribution in [3.05, 3.63) is 11.1 Å². The molecule has 0 spiro atoms. The molecule has 0 saturated carbocycles. The van der Waals surface area contributed by atoms with Crippen LogP contribution >= 0.6 is 11.3 Å². The van der Waals surface area contributed by atoms with Gasteiger partial charge >= 0.3 is 22.3 Å². The molecule has 1 fully saturated rings. The molecule has 2 heterocycles. The van der Waals surface area contributed by atoms with E-state index < -0.39 is 52.2 Å². The van der Waals surface area contributed by atoms with Crippen LogP contribution in [0, 0.1) is 0 Å².